The van der Waals surface area contributed by atoms with Crippen LogP contribution >= 0.6 is 0 Å². The van der Waals surface area contributed by atoms with Gasteiger partial charge in [-0.2, -0.15) is 0 Å². The normalized spacial score (nSPS) is 22.4. The van der Waals surface area contributed by atoms with Gasteiger partial charge < -0.3 is 19.9 Å². The van der Waals surface area contributed by atoms with Gasteiger partial charge in [0.25, 0.3) is 0 Å². The van der Waals surface area contributed by atoms with Crippen molar-refractivity contribution in [3.05, 3.63) is 18.2 Å². The minimum Gasteiger partial charge on any atom is -0.490 e. The summed E-state index contributed by atoms with van der Waals surface area (Å²) in [5.41, 5.74) is 0.975. The molecule has 1 fully saturated rings. The van der Waals surface area contributed by atoms with E-state index in [4.69, 9.17) is 9.47 Å². The lowest BCUT2D eigenvalue weighted by Gasteiger charge is -2.29. The van der Waals surface area contributed by atoms with Gasteiger partial charge >= 0.3 is 0 Å². The highest BCUT2D eigenvalue weighted by Gasteiger charge is 2.22. The fourth-order valence-electron chi connectivity index (χ4n) is 2.63. The van der Waals surface area contributed by atoms with Crippen molar-refractivity contribution in [1.29, 1.82) is 0 Å². The molecule has 0 saturated heterocycles. The van der Waals surface area contributed by atoms with Crippen LogP contribution in [0.1, 0.15) is 39.5 Å². The minimum absolute atomic E-state index is 0.135. The third kappa shape index (κ3) is 3.79. The van der Waals surface area contributed by atoms with Gasteiger partial charge in [0.1, 0.15) is 0 Å². The van der Waals surface area contributed by atoms with Crippen LogP contribution in [-0.4, -0.2) is 30.5 Å². The summed E-state index contributed by atoms with van der Waals surface area (Å²) in [5.74, 6) is 1.52. The average Bonchev–Trinajstić information content (AvgIpc) is 2.45. The van der Waals surface area contributed by atoms with Gasteiger partial charge in [-0.3, -0.25) is 0 Å². The molecule has 2 rings (SSSR count). The molecule has 0 aliphatic heterocycles. The zero-order valence-electron chi connectivity index (χ0n) is 12.4. The second-order valence-corrected chi connectivity index (χ2v) is 5.13. The molecule has 1 saturated carbocycles. The van der Waals surface area contributed by atoms with E-state index in [9.17, 15) is 5.11 Å². The first-order valence-electron chi connectivity index (χ1n) is 7.58. The summed E-state index contributed by atoms with van der Waals surface area (Å²) in [6.45, 7) is 5.14. The number of aliphatic hydroxyl groups excluding tert-OH is 1. The Balaban J connectivity index is 2.09. The molecule has 0 spiro atoms. The Morgan fingerprint density at radius 2 is 1.80 bits per heavy atom. The van der Waals surface area contributed by atoms with Crippen molar-refractivity contribution >= 4 is 5.69 Å². The third-order valence-electron chi connectivity index (χ3n) is 3.62. The highest BCUT2D eigenvalue weighted by molar-refractivity contribution is 5.55. The highest BCUT2D eigenvalue weighted by atomic mass is 16.5. The molecule has 20 heavy (non-hydrogen) atoms. The summed E-state index contributed by atoms with van der Waals surface area (Å²) in [6, 6.07) is 5.99. The number of hydrogen-bond acceptors (Lipinski definition) is 4. The molecule has 1 aromatic rings. The number of hydrogen-bond donors (Lipinski definition) is 2. The molecule has 0 radical (unpaired) electrons. The molecule has 0 bridgehead atoms. The van der Waals surface area contributed by atoms with Gasteiger partial charge in [-0.1, -0.05) is 12.8 Å². The third-order valence-corrected chi connectivity index (χ3v) is 3.62. The van der Waals surface area contributed by atoms with Crippen molar-refractivity contribution in [3.63, 3.8) is 0 Å². The van der Waals surface area contributed by atoms with Crippen molar-refractivity contribution in [2.45, 2.75) is 51.7 Å². The molecule has 2 N–H and O–H groups in total. The molecule has 4 heteroatoms. The zero-order chi connectivity index (χ0) is 14.4. The molecular formula is C16H25NO3. The van der Waals surface area contributed by atoms with Gasteiger partial charge in [0, 0.05) is 11.8 Å². The van der Waals surface area contributed by atoms with Crippen LogP contribution in [0.3, 0.4) is 0 Å². The zero-order valence-corrected chi connectivity index (χ0v) is 12.4. The van der Waals surface area contributed by atoms with Gasteiger partial charge in [-0.15, -0.1) is 0 Å². The largest absolute Gasteiger partial charge is 0.490 e. The van der Waals surface area contributed by atoms with Crippen molar-refractivity contribution in [2.75, 3.05) is 18.5 Å². The fraction of sp³-hybridized carbons (Fsp3) is 0.625. The van der Waals surface area contributed by atoms with E-state index in [0.29, 0.717) is 13.2 Å². The Kier molecular flexibility index (Phi) is 5.53. The summed E-state index contributed by atoms with van der Waals surface area (Å²) in [6.07, 6.45) is 3.92. The molecule has 1 aromatic carbocycles. The summed E-state index contributed by atoms with van der Waals surface area (Å²) >= 11 is 0. The van der Waals surface area contributed by atoms with Gasteiger partial charge in [-0.25, -0.2) is 0 Å². The lowest BCUT2D eigenvalue weighted by Crippen LogP contribution is -2.36. The molecule has 112 valence electrons. The van der Waals surface area contributed by atoms with Crippen molar-refractivity contribution in [1.82, 2.24) is 0 Å². The average molecular weight is 279 g/mol. The van der Waals surface area contributed by atoms with Crippen molar-refractivity contribution < 1.29 is 14.6 Å². The Bertz CT molecular complexity index is 422. The maximum atomic E-state index is 10.0. The smallest absolute Gasteiger partial charge is 0.163 e. The van der Waals surface area contributed by atoms with Gasteiger partial charge in [0.2, 0.25) is 0 Å². The molecule has 0 aromatic heterocycles. The van der Waals surface area contributed by atoms with Crippen LogP contribution in [0.25, 0.3) is 0 Å². The predicted molar refractivity (Wildman–Crippen MR) is 80.7 cm³/mol. The molecule has 1 aliphatic carbocycles. The van der Waals surface area contributed by atoms with Crippen LogP contribution in [0, 0.1) is 0 Å². The number of benzene rings is 1. The first-order chi connectivity index (χ1) is 9.74. The van der Waals surface area contributed by atoms with Crippen LogP contribution in [-0.2, 0) is 0 Å². The first kappa shape index (κ1) is 15.0. The molecule has 4 nitrogen and oxygen atoms in total. The van der Waals surface area contributed by atoms with Crippen LogP contribution in [0.2, 0.25) is 0 Å². The van der Waals surface area contributed by atoms with E-state index in [2.05, 4.69) is 5.32 Å². The van der Waals surface area contributed by atoms with Gasteiger partial charge in [-0.05, 0) is 38.8 Å². The summed E-state index contributed by atoms with van der Waals surface area (Å²) in [4.78, 5) is 0. The standard InChI is InChI=1S/C16H25NO3/c1-3-19-15-10-9-12(11-16(15)20-4-2)17-13-7-5-6-8-14(13)18/h9-11,13-14,17-18H,3-8H2,1-2H3/t13-,14-/m1/s1. The molecule has 0 heterocycles. The molecular weight excluding hydrogens is 254 g/mol. The van der Waals surface area contributed by atoms with E-state index in [0.717, 1.165) is 36.4 Å². The van der Waals surface area contributed by atoms with E-state index in [1.807, 2.05) is 32.0 Å². The number of rotatable bonds is 6. The van der Waals surface area contributed by atoms with E-state index >= 15 is 0 Å². The quantitative estimate of drug-likeness (QED) is 0.839. The number of ether oxygens (including phenoxy) is 2. The Morgan fingerprint density at radius 1 is 1.10 bits per heavy atom. The van der Waals surface area contributed by atoms with E-state index in [1.165, 1.54) is 6.42 Å². The maximum Gasteiger partial charge on any atom is 0.163 e. The van der Waals surface area contributed by atoms with Crippen LogP contribution in [0.15, 0.2) is 18.2 Å². The second-order valence-electron chi connectivity index (χ2n) is 5.13. The van der Waals surface area contributed by atoms with Crippen molar-refractivity contribution in [3.8, 4) is 11.5 Å². The number of nitrogens with one attached hydrogen (secondary N) is 1. The second kappa shape index (κ2) is 7.39. The topological polar surface area (TPSA) is 50.7 Å². The Labute approximate surface area is 121 Å². The van der Waals surface area contributed by atoms with Gasteiger partial charge in [0.05, 0.1) is 25.4 Å². The number of aliphatic hydroxyl groups is 1. The van der Waals surface area contributed by atoms with E-state index in [-0.39, 0.29) is 12.1 Å². The monoisotopic (exact) mass is 279 g/mol. The van der Waals surface area contributed by atoms with E-state index < -0.39 is 0 Å². The predicted octanol–water partition coefficient (Wildman–Crippen LogP) is 3.20. The SMILES string of the molecule is CCOc1ccc(N[C@@H]2CCCC[C@H]2O)cc1OCC. The molecule has 0 unspecified atom stereocenters. The van der Waals surface area contributed by atoms with Crippen LogP contribution in [0.5, 0.6) is 11.5 Å². The summed E-state index contributed by atoms with van der Waals surface area (Å²) in [7, 11) is 0. The molecule has 0 amide bonds. The molecule has 1 aliphatic rings. The van der Waals surface area contributed by atoms with Crippen LogP contribution in [0.4, 0.5) is 5.69 Å². The van der Waals surface area contributed by atoms with Crippen molar-refractivity contribution in [2.24, 2.45) is 0 Å². The lowest BCUT2D eigenvalue weighted by molar-refractivity contribution is 0.116. The minimum atomic E-state index is -0.258. The lowest BCUT2D eigenvalue weighted by atomic mass is 9.92. The highest BCUT2D eigenvalue weighted by Crippen LogP contribution is 2.32. The van der Waals surface area contributed by atoms with Crippen LogP contribution < -0.4 is 14.8 Å². The van der Waals surface area contributed by atoms with E-state index in [1.54, 1.807) is 0 Å². The summed E-state index contributed by atoms with van der Waals surface area (Å²) in [5, 5.41) is 13.4. The Morgan fingerprint density at radius 3 is 2.50 bits per heavy atom. The fourth-order valence-corrected chi connectivity index (χ4v) is 2.63. The Hall–Kier alpha value is -1.42. The first-order valence-corrected chi connectivity index (χ1v) is 7.58. The van der Waals surface area contributed by atoms with Gasteiger partial charge in [0.15, 0.2) is 11.5 Å². The molecule has 2 atom stereocenters. The maximum absolute atomic E-state index is 10.0. The summed E-state index contributed by atoms with van der Waals surface area (Å²) < 4.78 is 11.2. The number of anilines is 1.